The number of nitriles is 1. The van der Waals surface area contributed by atoms with Crippen molar-refractivity contribution >= 4 is 22.6 Å². The molecule has 0 radical (unpaired) electrons. The zero-order chi connectivity index (χ0) is 22.5. The van der Waals surface area contributed by atoms with E-state index >= 15 is 0 Å². The number of carbonyl (C=O) groups is 2. The van der Waals surface area contributed by atoms with Crippen LogP contribution < -0.4 is 20.9 Å². The standard InChI is InChI=1S/C23H28N4O4/c1-14(2)10-20(22(29)26-17(13-24)11-16-6-8-25-21(16)28)27-9-7-15-4-5-18(31-3)12-19(15)23(27)30/h4-5,7,9,12,14,16-17,20H,6,8,10-11H2,1-3H3,(H,25,28)(H,26,29)/t16-,17-,20-/m0/s1. The number of amides is 2. The first-order valence-corrected chi connectivity index (χ1v) is 10.5. The maximum Gasteiger partial charge on any atom is 0.259 e. The molecule has 0 unspecified atom stereocenters. The number of benzene rings is 1. The van der Waals surface area contributed by atoms with Gasteiger partial charge in [0.15, 0.2) is 0 Å². The normalized spacial score (nSPS) is 17.8. The summed E-state index contributed by atoms with van der Waals surface area (Å²) in [5.41, 5.74) is -0.291. The summed E-state index contributed by atoms with van der Waals surface area (Å²) in [6.45, 7) is 4.53. The molecule has 0 aliphatic carbocycles. The summed E-state index contributed by atoms with van der Waals surface area (Å²) in [7, 11) is 1.53. The Morgan fingerprint density at radius 1 is 1.35 bits per heavy atom. The van der Waals surface area contributed by atoms with Crippen molar-refractivity contribution in [3.8, 4) is 11.8 Å². The highest BCUT2D eigenvalue weighted by atomic mass is 16.5. The van der Waals surface area contributed by atoms with Crippen molar-refractivity contribution in [1.29, 1.82) is 5.26 Å². The number of fused-ring (bicyclic) bond motifs is 1. The molecule has 1 aliphatic rings. The van der Waals surface area contributed by atoms with Crippen molar-refractivity contribution < 1.29 is 14.3 Å². The van der Waals surface area contributed by atoms with Crippen LogP contribution in [0, 0.1) is 23.2 Å². The number of rotatable bonds is 8. The summed E-state index contributed by atoms with van der Waals surface area (Å²) in [4.78, 5) is 38.2. The molecule has 2 N–H and O–H groups in total. The summed E-state index contributed by atoms with van der Waals surface area (Å²) in [5.74, 6) is -0.0725. The van der Waals surface area contributed by atoms with Crippen molar-refractivity contribution in [2.75, 3.05) is 13.7 Å². The molecule has 1 aliphatic heterocycles. The zero-order valence-electron chi connectivity index (χ0n) is 18.1. The van der Waals surface area contributed by atoms with Gasteiger partial charge in [0.25, 0.3) is 5.56 Å². The number of aromatic nitrogens is 1. The van der Waals surface area contributed by atoms with Crippen LogP contribution in [-0.2, 0) is 9.59 Å². The highest BCUT2D eigenvalue weighted by Gasteiger charge is 2.30. The van der Waals surface area contributed by atoms with E-state index in [1.54, 1.807) is 30.5 Å². The van der Waals surface area contributed by atoms with Crippen LogP contribution in [-0.4, -0.2) is 36.1 Å². The molecule has 3 rings (SSSR count). The molecule has 1 aromatic heterocycles. The van der Waals surface area contributed by atoms with Crippen LogP contribution >= 0.6 is 0 Å². The molecule has 164 valence electrons. The van der Waals surface area contributed by atoms with Gasteiger partial charge in [-0.2, -0.15) is 5.26 Å². The van der Waals surface area contributed by atoms with E-state index in [1.807, 2.05) is 13.8 Å². The van der Waals surface area contributed by atoms with Crippen LogP contribution in [0.15, 0.2) is 35.3 Å². The number of methoxy groups -OCH3 is 1. The van der Waals surface area contributed by atoms with Crippen molar-refractivity contribution in [2.45, 2.75) is 45.2 Å². The highest BCUT2D eigenvalue weighted by molar-refractivity contribution is 5.85. The van der Waals surface area contributed by atoms with E-state index < -0.39 is 18.0 Å². The lowest BCUT2D eigenvalue weighted by Crippen LogP contribution is -2.43. The van der Waals surface area contributed by atoms with Gasteiger partial charge in [-0.1, -0.05) is 19.9 Å². The fourth-order valence-electron chi connectivity index (χ4n) is 3.97. The van der Waals surface area contributed by atoms with Gasteiger partial charge in [0, 0.05) is 18.7 Å². The molecule has 8 nitrogen and oxygen atoms in total. The molecule has 0 spiro atoms. The van der Waals surface area contributed by atoms with Gasteiger partial charge in [-0.3, -0.25) is 14.4 Å². The minimum Gasteiger partial charge on any atom is -0.497 e. The van der Waals surface area contributed by atoms with Crippen LogP contribution in [0.4, 0.5) is 0 Å². The van der Waals surface area contributed by atoms with E-state index in [9.17, 15) is 19.6 Å². The van der Waals surface area contributed by atoms with Gasteiger partial charge in [0.05, 0.1) is 18.6 Å². The monoisotopic (exact) mass is 424 g/mol. The third kappa shape index (κ3) is 5.05. The molecule has 1 saturated heterocycles. The van der Waals surface area contributed by atoms with E-state index in [4.69, 9.17) is 4.74 Å². The van der Waals surface area contributed by atoms with Gasteiger partial charge in [0.1, 0.15) is 17.8 Å². The van der Waals surface area contributed by atoms with Gasteiger partial charge in [0.2, 0.25) is 11.8 Å². The number of hydrogen-bond donors (Lipinski definition) is 2. The fourth-order valence-corrected chi connectivity index (χ4v) is 3.97. The minimum atomic E-state index is -0.799. The Morgan fingerprint density at radius 2 is 2.13 bits per heavy atom. The van der Waals surface area contributed by atoms with E-state index in [-0.39, 0.29) is 29.7 Å². The summed E-state index contributed by atoms with van der Waals surface area (Å²) < 4.78 is 6.66. The van der Waals surface area contributed by atoms with E-state index in [0.29, 0.717) is 30.5 Å². The molecular weight excluding hydrogens is 396 g/mol. The maximum atomic E-state index is 13.2. The Bertz CT molecular complexity index is 1070. The third-order valence-corrected chi connectivity index (χ3v) is 5.63. The minimum absolute atomic E-state index is 0.0899. The first kappa shape index (κ1) is 22.3. The zero-order valence-corrected chi connectivity index (χ0v) is 18.1. The predicted molar refractivity (Wildman–Crippen MR) is 117 cm³/mol. The van der Waals surface area contributed by atoms with Crippen LogP contribution in [0.25, 0.3) is 10.8 Å². The van der Waals surface area contributed by atoms with Crippen LogP contribution in [0.5, 0.6) is 5.75 Å². The Kier molecular flexibility index (Phi) is 6.95. The highest BCUT2D eigenvalue weighted by Crippen LogP contribution is 2.22. The Morgan fingerprint density at radius 3 is 2.74 bits per heavy atom. The first-order valence-electron chi connectivity index (χ1n) is 10.5. The number of nitrogens with zero attached hydrogens (tertiary/aromatic N) is 2. The first-order chi connectivity index (χ1) is 14.8. The molecule has 0 bridgehead atoms. The summed E-state index contributed by atoms with van der Waals surface area (Å²) in [6.07, 6.45) is 2.96. The summed E-state index contributed by atoms with van der Waals surface area (Å²) in [5, 5.41) is 16.2. The molecule has 1 fully saturated rings. The van der Waals surface area contributed by atoms with Crippen LogP contribution in [0.3, 0.4) is 0 Å². The lowest BCUT2D eigenvalue weighted by Gasteiger charge is -2.23. The van der Waals surface area contributed by atoms with Crippen LogP contribution in [0.1, 0.15) is 39.2 Å². The summed E-state index contributed by atoms with van der Waals surface area (Å²) in [6, 6.07) is 7.55. The fraction of sp³-hybridized carbons (Fsp3) is 0.478. The second-order valence-corrected chi connectivity index (χ2v) is 8.33. The number of ether oxygens (including phenoxy) is 1. The topological polar surface area (TPSA) is 113 Å². The van der Waals surface area contributed by atoms with Crippen molar-refractivity contribution in [3.05, 3.63) is 40.8 Å². The van der Waals surface area contributed by atoms with E-state index in [0.717, 1.165) is 5.39 Å². The number of pyridine rings is 1. The van der Waals surface area contributed by atoms with Crippen molar-refractivity contribution in [1.82, 2.24) is 15.2 Å². The van der Waals surface area contributed by atoms with Crippen molar-refractivity contribution in [2.24, 2.45) is 11.8 Å². The molecule has 3 atom stereocenters. The van der Waals surface area contributed by atoms with Gasteiger partial charge >= 0.3 is 0 Å². The SMILES string of the molecule is COc1ccc2ccn([C@@H](CC(C)C)C(=O)N[C@H](C#N)C[C@@H]3CCNC3=O)c(=O)c2c1. The number of carbonyl (C=O) groups excluding carboxylic acids is 2. The quantitative estimate of drug-likeness (QED) is 0.674. The number of nitrogens with one attached hydrogen (secondary N) is 2. The lowest BCUT2D eigenvalue weighted by atomic mass is 9.98. The number of hydrogen-bond acceptors (Lipinski definition) is 5. The van der Waals surface area contributed by atoms with Crippen molar-refractivity contribution in [3.63, 3.8) is 0 Å². The molecule has 0 saturated carbocycles. The van der Waals surface area contributed by atoms with Gasteiger partial charge in [-0.05, 0) is 48.8 Å². The maximum absolute atomic E-state index is 13.2. The van der Waals surface area contributed by atoms with Gasteiger partial charge in [-0.15, -0.1) is 0 Å². The average molecular weight is 425 g/mol. The Hall–Kier alpha value is -3.34. The van der Waals surface area contributed by atoms with Gasteiger partial charge in [-0.25, -0.2) is 0 Å². The molecule has 8 heteroatoms. The second kappa shape index (κ2) is 9.65. The van der Waals surface area contributed by atoms with Gasteiger partial charge < -0.3 is 19.9 Å². The summed E-state index contributed by atoms with van der Waals surface area (Å²) >= 11 is 0. The lowest BCUT2D eigenvalue weighted by molar-refractivity contribution is -0.126. The molecule has 2 heterocycles. The largest absolute Gasteiger partial charge is 0.497 e. The molecule has 2 amide bonds. The van der Waals surface area contributed by atoms with E-state index in [1.165, 1.54) is 11.7 Å². The molecule has 2 aromatic rings. The second-order valence-electron chi connectivity index (χ2n) is 8.33. The molecule has 31 heavy (non-hydrogen) atoms. The van der Waals surface area contributed by atoms with Crippen LogP contribution in [0.2, 0.25) is 0 Å². The third-order valence-electron chi connectivity index (χ3n) is 5.63. The molecular formula is C23H28N4O4. The predicted octanol–water partition coefficient (Wildman–Crippen LogP) is 2.13. The Balaban J connectivity index is 1.89. The van der Waals surface area contributed by atoms with E-state index in [2.05, 4.69) is 16.7 Å². The molecule has 1 aromatic carbocycles. The smallest absolute Gasteiger partial charge is 0.259 e. The average Bonchev–Trinajstić information content (AvgIpc) is 3.16. The Labute approximate surface area is 181 Å².